The highest BCUT2D eigenvalue weighted by molar-refractivity contribution is 5.04. The predicted molar refractivity (Wildman–Crippen MR) is 76.5 cm³/mol. The summed E-state index contributed by atoms with van der Waals surface area (Å²) in [6.07, 6.45) is 7.36. The van der Waals surface area contributed by atoms with E-state index in [9.17, 15) is 0 Å². The van der Waals surface area contributed by atoms with E-state index in [0.29, 0.717) is 0 Å². The molecule has 0 amide bonds. The van der Waals surface area contributed by atoms with Gasteiger partial charge in [-0.15, -0.1) is 0 Å². The quantitative estimate of drug-likeness (QED) is 0.767. The summed E-state index contributed by atoms with van der Waals surface area (Å²) in [5.74, 6) is 0. The number of nitrogens with zero attached hydrogens (tertiary/aromatic N) is 3. The molecule has 0 aliphatic rings. The second kappa shape index (κ2) is 6.90. The maximum Gasteiger partial charge on any atom is 0.0522 e. The molecule has 1 rings (SSSR count). The fourth-order valence-electron chi connectivity index (χ4n) is 2.28. The summed E-state index contributed by atoms with van der Waals surface area (Å²) >= 11 is 0. The molecule has 0 radical (unpaired) electrons. The summed E-state index contributed by atoms with van der Waals surface area (Å²) < 4.78 is 1.86. The first kappa shape index (κ1) is 15.2. The average Bonchev–Trinajstić information content (AvgIpc) is 2.79. The van der Waals surface area contributed by atoms with Gasteiger partial charge in [-0.25, -0.2) is 0 Å². The van der Waals surface area contributed by atoms with Crippen molar-refractivity contribution in [2.45, 2.75) is 45.6 Å². The lowest BCUT2D eigenvalue weighted by atomic mass is 9.95. The third-order valence-electron chi connectivity index (χ3n) is 3.89. The Labute approximate surface area is 111 Å². The zero-order valence-corrected chi connectivity index (χ0v) is 12.3. The number of nitrogens with two attached hydrogens (primary N) is 1. The van der Waals surface area contributed by atoms with Gasteiger partial charge < -0.3 is 5.73 Å². The van der Waals surface area contributed by atoms with Crippen molar-refractivity contribution in [1.82, 2.24) is 14.7 Å². The first-order valence-electron chi connectivity index (χ1n) is 6.98. The van der Waals surface area contributed by atoms with Gasteiger partial charge in [0.15, 0.2) is 0 Å². The molecule has 0 spiro atoms. The van der Waals surface area contributed by atoms with Gasteiger partial charge in [0.05, 0.1) is 6.20 Å². The number of hydrogen-bond donors (Lipinski definition) is 1. The van der Waals surface area contributed by atoms with Gasteiger partial charge in [-0.05, 0) is 38.3 Å². The van der Waals surface area contributed by atoms with Crippen molar-refractivity contribution < 1.29 is 0 Å². The van der Waals surface area contributed by atoms with Gasteiger partial charge in [-0.2, -0.15) is 5.10 Å². The van der Waals surface area contributed by atoms with E-state index in [1.54, 1.807) is 0 Å². The van der Waals surface area contributed by atoms with Crippen LogP contribution in [0.1, 0.15) is 39.2 Å². The summed E-state index contributed by atoms with van der Waals surface area (Å²) in [7, 11) is 1.96. The first-order valence-corrected chi connectivity index (χ1v) is 6.98. The van der Waals surface area contributed by atoms with E-state index in [0.717, 1.165) is 32.5 Å². The van der Waals surface area contributed by atoms with Crippen molar-refractivity contribution in [3.63, 3.8) is 0 Å². The van der Waals surface area contributed by atoms with Crippen LogP contribution in [-0.4, -0.2) is 39.9 Å². The highest BCUT2D eigenvalue weighted by atomic mass is 15.2. The molecule has 1 unspecified atom stereocenters. The van der Waals surface area contributed by atoms with Crippen LogP contribution in [0.4, 0.5) is 0 Å². The molecule has 104 valence electrons. The Morgan fingerprint density at radius 3 is 2.56 bits per heavy atom. The summed E-state index contributed by atoms with van der Waals surface area (Å²) in [4.78, 5) is 2.53. The van der Waals surface area contributed by atoms with Gasteiger partial charge >= 0.3 is 0 Å². The van der Waals surface area contributed by atoms with Crippen LogP contribution in [0, 0.1) is 0 Å². The monoisotopic (exact) mass is 252 g/mol. The van der Waals surface area contributed by atoms with Gasteiger partial charge in [0.2, 0.25) is 0 Å². The van der Waals surface area contributed by atoms with Crippen LogP contribution < -0.4 is 5.73 Å². The lowest BCUT2D eigenvalue weighted by Crippen LogP contribution is -2.52. The number of rotatable bonds is 8. The molecule has 0 bridgehead atoms. The van der Waals surface area contributed by atoms with Crippen LogP contribution in [0.3, 0.4) is 0 Å². The minimum absolute atomic E-state index is 0.123. The number of hydrogen-bond acceptors (Lipinski definition) is 3. The minimum atomic E-state index is 0.123. The second-order valence-corrected chi connectivity index (χ2v) is 5.31. The van der Waals surface area contributed by atoms with Crippen LogP contribution in [0.2, 0.25) is 0 Å². The third-order valence-corrected chi connectivity index (χ3v) is 3.89. The van der Waals surface area contributed by atoms with Gasteiger partial charge in [0.1, 0.15) is 0 Å². The van der Waals surface area contributed by atoms with Crippen molar-refractivity contribution in [3.05, 3.63) is 18.0 Å². The maximum atomic E-state index is 5.96. The van der Waals surface area contributed by atoms with Crippen molar-refractivity contribution in [1.29, 1.82) is 0 Å². The zero-order valence-electron chi connectivity index (χ0n) is 12.3. The number of aryl methyl sites for hydroxylation is 1. The van der Waals surface area contributed by atoms with Crippen molar-refractivity contribution >= 4 is 0 Å². The van der Waals surface area contributed by atoms with E-state index in [1.165, 1.54) is 12.0 Å². The van der Waals surface area contributed by atoms with E-state index in [1.807, 2.05) is 17.9 Å². The molecule has 18 heavy (non-hydrogen) atoms. The molecule has 1 aromatic heterocycles. The van der Waals surface area contributed by atoms with Crippen LogP contribution in [0.5, 0.6) is 0 Å². The van der Waals surface area contributed by atoms with E-state index in [4.69, 9.17) is 5.73 Å². The molecule has 0 saturated heterocycles. The molecule has 1 atom stereocenters. The molecule has 0 aliphatic heterocycles. The molecule has 4 nitrogen and oxygen atoms in total. The third kappa shape index (κ3) is 3.82. The molecule has 0 aromatic carbocycles. The molecule has 2 N–H and O–H groups in total. The summed E-state index contributed by atoms with van der Waals surface area (Å²) in [6.45, 7) is 9.61. The normalized spacial score (nSPS) is 15.0. The fraction of sp³-hybridized carbons (Fsp3) is 0.786. The van der Waals surface area contributed by atoms with Gasteiger partial charge in [0, 0.05) is 31.9 Å². The zero-order chi connectivity index (χ0) is 13.6. The van der Waals surface area contributed by atoms with Gasteiger partial charge in [-0.1, -0.05) is 13.8 Å². The molecule has 0 fully saturated rings. The summed E-state index contributed by atoms with van der Waals surface area (Å²) in [6, 6.07) is 0. The maximum absolute atomic E-state index is 5.96. The van der Waals surface area contributed by atoms with Gasteiger partial charge in [0.25, 0.3) is 0 Å². The van der Waals surface area contributed by atoms with Crippen LogP contribution in [0.25, 0.3) is 0 Å². The molecule has 0 saturated carbocycles. The summed E-state index contributed by atoms with van der Waals surface area (Å²) in [5, 5.41) is 4.22. The fourth-order valence-corrected chi connectivity index (χ4v) is 2.28. The van der Waals surface area contributed by atoms with Crippen LogP contribution in [0.15, 0.2) is 12.4 Å². The SMILES string of the molecule is CCCN(CCc1cnn(C)c1)C(C)(CC)CN. The number of aromatic nitrogens is 2. The largest absolute Gasteiger partial charge is 0.329 e. The van der Waals surface area contributed by atoms with E-state index in [2.05, 4.69) is 37.0 Å². The molecule has 4 heteroatoms. The Hall–Kier alpha value is -0.870. The first-order chi connectivity index (χ1) is 8.55. The second-order valence-electron chi connectivity index (χ2n) is 5.31. The summed E-state index contributed by atoms with van der Waals surface area (Å²) in [5.41, 5.74) is 7.39. The Balaban J connectivity index is 2.62. The Morgan fingerprint density at radius 1 is 1.39 bits per heavy atom. The van der Waals surface area contributed by atoms with Crippen molar-refractivity contribution in [2.75, 3.05) is 19.6 Å². The highest BCUT2D eigenvalue weighted by Crippen LogP contribution is 2.19. The van der Waals surface area contributed by atoms with Crippen molar-refractivity contribution in [2.24, 2.45) is 12.8 Å². The van der Waals surface area contributed by atoms with Crippen LogP contribution >= 0.6 is 0 Å². The van der Waals surface area contributed by atoms with E-state index in [-0.39, 0.29) is 5.54 Å². The lowest BCUT2D eigenvalue weighted by Gasteiger charge is -2.40. The van der Waals surface area contributed by atoms with E-state index < -0.39 is 0 Å². The highest BCUT2D eigenvalue weighted by Gasteiger charge is 2.27. The Kier molecular flexibility index (Phi) is 5.82. The lowest BCUT2D eigenvalue weighted by molar-refractivity contribution is 0.107. The Bertz CT molecular complexity index is 341. The predicted octanol–water partition coefficient (Wildman–Crippen LogP) is 1.80. The van der Waals surface area contributed by atoms with E-state index >= 15 is 0 Å². The molecular weight excluding hydrogens is 224 g/mol. The average molecular weight is 252 g/mol. The minimum Gasteiger partial charge on any atom is -0.329 e. The topological polar surface area (TPSA) is 47.1 Å². The molecule has 0 aliphatic carbocycles. The standard InChI is InChI=1S/C14H28N4/c1-5-8-18(14(3,6-2)12-15)9-7-13-10-16-17(4)11-13/h10-11H,5-9,12,15H2,1-4H3. The van der Waals surface area contributed by atoms with Crippen molar-refractivity contribution in [3.8, 4) is 0 Å². The van der Waals surface area contributed by atoms with Gasteiger partial charge in [-0.3, -0.25) is 9.58 Å². The molecule has 1 aromatic rings. The Morgan fingerprint density at radius 2 is 2.11 bits per heavy atom. The van der Waals surface area contributed by atoms with Crippen LogP contribution in [-0.2, 0) is 13.5 Å². The smallest absolute Gasteiger partial charge is 0.0522 e. The molecule has 1 heterocycles. The molecular formula is C14H28N4.